The average molecular weight is 365 g/mol. The summed E-state index contributed by atoms with van der Waals surface area (Å²) in [6.07, 6.45) is -4.50. The largest absolute Gasteiger partial charge is 0.452 e. The zero-order valence-electron chi connectivity index (χ0n) is 14.3. The number of carbonyl (C=O) groups is 2. The molecule has 26 heavy (non-hydrogen) atoms. The first-order chi connectivity index (χ1) is 12.2. The van der Waals surface area contributed by atoms with Crippen LogP contribution in [0.25, 0.3) is 0 Å². The third kappa shape index (κ3) is 5.08. The number of rotatable bonds is 5. The molecule has 2 rings (SSSR count). The Bertz CT molecular complexity index is 816. The molecule has 0 atom stereocenters. The van der Waals surface area contributed by atoms with E-state index in [0.717, 1.165) is 17.2 Å². The summed E-state index contributed by atoms with van der Waals surface area (Å²) in [6, 6.07) is 10.1. The summed E-state index contributed by atoms with van der Waals surface area (Å²) >= 11 is 0. The summed E-state index contributed by atoms with van der Waals surface area (Å²) in [5, 5.41) is 2.33. The summed E-state index contributed by atoms with van der Waals surface area (Å²) in [5.41, 5.74) is 1.17. The van der Waals surface area contributed by atoms with Crippen LogP contribution in [-0.4, -0.2) is 18.5 Å². The van der Waals surface area contributed by atoms with Crippen LogP contribution in [0.2, 0.25) is 0 Å². The Labute approximate surface area is 149 Å². The zero-order valence-corrected chi connectivity index (χ0v) is 14.3. The monoisotopic (exact) mass is 365 g/mol. The molecule has 138 valence electrons. The fourth-order valence-electron chi connectivity index (χ4n) is 2.45. The molecule has 0 aliphatic carbocycles. The first-order valence-electron chi connectivity index (χ1n) is 7.84. The van der Waals surface area contributed by atoms with Gasteiger partial charge in [0.05, 0.1) is 11.1 Å². The number of amides is 1. The number of carbonyl (C=O) groups excluding carboxylic acids is 2. The molecular formula is C19H18F3NO3. The average Bonchev–Trinajstić information content (AvgIpc) is 2.57. The molecule has 0 aliphatic rings. The number of alkyl halides is 3. The molecule has 0 heterocycles. The Morgan fingerprint density at radius 3 is 2.42 bits per heavy atom. The smallest absolute Gasteiger partial charge is 0.416 e. The highest BCUT2D eigenvalue weighted by molar-refractivity contribution is 5.92. The van der Waals surface area contributed by atoms with Crippen molar-refractivity contribution in [3.8, 4) is 0 Å². The van der Waals surface area contributed by atoms with E-state index in [0.29, 0.717) is 5.56 Å². The minimum Gasteiger partial charge on any atom is -0.452 e. The highest BCUT2D eigenvalue weighted by atomic mass is 19.4. The quantitative estimate of drug-likeness (QED) is 0.820. The Hall–Kier alpha value is -2.83. The van der Waals surface area contributed by atoms with Crippen molar-refractivity contribution < 1.29 is 27.5 Å². The van der Waals surface area contributed by atoms with Crippen molar-refractivity contribution in [2.75, 3.05) is 6.61 Å². The van der Waals surface area contributed by atoms with Crippen molar-refractivity contribution in [1.29, 1.82) is 0 Å². The lowest BCUT2D eigenvalue weighted by molar-refractivity contribution is -0.138. The Kier molecular flexibility index (Phi) is 6.02. The van der Waals surface area contributed by atoms with Gasteiger partial charge in [0.2, 0.25) is 0 Å². The molecule has 1 amide bonds. The third-order valence-electron chi connectivity index (χ3n) is 3.73. The Morgan fingerprint density at radius 2 is 1.77 bits per heavy atom. The van der Waals surface area contributed by atoms with E-state index in [9.17, 15) is 22.8 Å². The first kappa shape index (κ1) is 19.5. The standard InChI is InChI=1S/C19H18F3NO3/c1-12-7-8-15(13(2)9-12)18(25)26-11-17(24)23-10-14-5-3-4-6-16(14)19(20,21)22/h3-9H,10-11H2,1-2H3,(H,23,24). The normalized spacial score (nSPS) is 11.1. The predicted molar refractivity (Wildman–Crippen MR) is 89.5 cm³/mol. The van der Waals surface area contributed by atoms with Crippen LogP contribution in [0.15, 0.2) is 42.5 Å². The van der Waals surface area contributed by atoms with Gasteiger partial charge in [0.25, 0.3) is 5.91 Å². The Morgan fingerprint density at radius 1 is 1.08 bits per heavy atom. The lowest BCUT2D eigenvalue weighted by Crippen LogP contribution is -2.29. The summed E-state index contributed by atoms with van der Waals surface area (Å²) in [4.78, 5) is 23.8. The lowest BCUT2D eigenvalue weighted by atomic mass is 10.1. The number of benzene rings is 2. The van der Waals surface area contributed by atoms with Gasteiger partial charge in [-0.1, -0.05) is 35.9 Å². The molecule has 0 radical (unpaired) electrons. The van der Waals surface area contributed by atoms with Crippen molar-refractivity contribution in [3.63, 3.8) is 0 Å². The number of aryl methyl sites for hydroxylation is 2. The van der Waals surface area contributed by atoms with Crippen LogP contribution >= 0.6 is 0 Å². The summed E-state index contributed by atoms with van der Waals surface area (Å²) in [5.74, 6) is -1.34. The molecule has 0 saturated heterocycles. The van der Waals surface area contributed by atoms with Gasteiger partial charge < -0.3 is 10.1 Å². The maximum Gasteiger partial charge on any atom is 0.416 e. The molecule has 0 saturated carbocycles. The molecule has 0 aromatic heterocycles. The van der Waals surface area contributed by atoms with E-state index in [1.807, 2.05) is 13.0 Å². The molecule has 0 fully saturated rings. The van der Waals surface area contributed by atoms with Crippen LogP contribution in [0.5, 0.6) is 0 Å². The van der Waals surface area contributed by atoms with Gasteiger partial charge in [-0.2, -0.15) is 13.2 Å². The van der Waals surface area contributed by atoms with E-state index >= 15 is 0 Å². The first-order valence-corrected chi connectivity index (χ1v) is 7.84. The summed E-state index contributed by atoms with van der Waals surface area (Å²) in [6.45, 7) is 2.75. The SMILES string of the molecule is Cc1ccc(C(=O)OCC(=O)NCc2ccccc2C(F)(F)F)c(C)c1. The van der Waals surface area contributed by atoms with E-state index in [-0.39, 0.29) is 12.1 Å². The van der Waals surface area contributed by atoms with Gasteiger partial charge in [0.15, 0.2) is 6.61 Å². The lowest BCUT2D eigenvalue weighted by Gasteiger charge is -2.13. The molecule has 0 spiro atoms. The molecule has 4 nitrogen and oxygen atoms in total. The second kappa shape index (κ2) is 8.03. The van der Waals surface area contributed by atoms with Crippen molar-refractivity contribution in [2.24, 2.45) is 0 Å². The third-order valence-corrected chi connectivity index (χ3v) is 3.73. The van der Waals surface area contributed by atoms with E-state index in [1.54, 1.807) is 19.1 Å². The van der Waals surface area contributed by atoms with Crippen molar-refractivity contribution >= 4 is 11.9 Å². The van der Waals surface area contributed by atoms with E-state index < -0.39 is 30.2 Å². The molecular weight excluding hydrogens is 347 g/mol. The van der Waals surface area contributed by atoms with Crippen molar-refractivity contribution in [2.45, 2.75) is 26.6 Å². The van der Waals surface area contributed by atoms with Crippen LogP contribution < -0.4 is 5.32 Å². The number of hydrogen-bond acceptors (Lipinski definition) is 3. The molecule has 2 aromatic rings. The fourth-order valence-corrected chi connectivity index (χ4v) is 2.45. The summed E-state index contributed by atoms with van der Waals surface area (Å²) in [7, 11) is 0. The maximum absolute atomic E-state index is 12.9. The number of nitrogens with one attached hydrogen (secondary N) is 1. The van der Waals surface area contributed by atoms with Crippen molar-refractivity contribution in [3.05, 3.63) is 70.3 Å². The number of ether oxygens (including phenoxy) is 1. The molecule has 0 bridgehead atoms. The van der Waals surface area contributed by atoms with Crippen LogP contribution in [-0.2, 0) is 22.3 Å². The van der Waals surface area contributed by atoms with Gasteiger partial charge in [0, 0.05) is 6.54 Å². The second-order valence-electron chi connectivity index (χ2n) is 5.83. The van der Waals surface area contributed by atoms with Gasteiger partial charge in [0.1, 0.15) is 0 Å². The van der Waals surface area contributed by atoms with Gasteiger partial charge in [-0.3, -0.25) is 4.79 Å². The van der Waals surface area contributed by atoms with Crippen LogP contribution in [0.1, 0.15) is 32.6 Å². The molecule has 0 aliphatic heterocycles. The topological polar surface area (TPSA) is 55.4 Å². The molecule has 7 heteroatoms. The van der Waals surface area contributed by atoms with E-state index in [4.69, 9.17) is 4.74 Å². The van der Waals surface area contributed by atoms with Gasteiger partial charge >= 0.3 is 12.1 Å². The van der Waals surface area contributed by atoms with Gasteiger partial charge in [-0.15, -0.1) is 0 Å². The second-order valence-corrected chi connectivity index (χ2v) is 5.83. The minimum absolute atomic E-state index is 0.0611. The predicted octanol–water partition coefficient (Wildman–Crippen LogP) is 3.80. The molecule has 0 unspecified atom stereocenters. The number of halogens is 3. The maximum atomic E-state index is 12.9. The van der Waals surface area contributed by atoms with E-state index in [1.165, 1.54) is 18.2 Å². The van der Waals surface area contributed by atoms with Crippen LogP contribution in [0, 0.1) is 13.8 Å². The van der Waals surface area contributed by atoms with Crippen molar-refractivity contribution in [1.82, 2.24) is 5.32 Å². The fraction of sp³-hybridized carbons (Fsp3) is 0.263. The molecule has 2 aromatic carbocycles. The minimum atomic E-state index is -4.50. The highest BCUT2D eigenvalue weighted by Gasteiger charge is 2.32. The number of hydrogen-bond donors (Lipinski definition) is 1. The number of esters is 1. The van der Waals surface area contributed by atoms with Gasteiger partial charge in [-0.25, -0.2) is 4.79 Å². The van der Waals surface area contributed by atoms with Crippen LogP contribution in [0.4, 0.5) is 13.2 Å². The van der Waals surface area contributed by atoms with Gasteiger partial charge in [-0.05, 0) is 37.1 Å². The van der Waals surface area contributed by atoms with E-state index in [2.05, 4.69) is 5.32 Å². The van der Waals surface area contributed by atoms with Crippen LogP contribution in [0.3, 0.4) is 0 Å². The highest BCUT2D eigenvalue weighted by Crippen LogP contribution is 2.31. The zero-order chi connectivity index (χ0) is 19.3. The summed E-state index contributed by atoms with van der Waals surface area (Å²) < 4.78 is 43.6. The Balaban J connectivity index is 1.91. The molecule has 1 N–H and O–H groups in total.